The molecule has 156 valence electrons. The molecule has 2 amide bonds. The molecule has 1 atom stereocenters. The summed E-state index contributed by atoms with van der Waals surface area (Å²) in [6, 6.07) is 13.1. The number of nitrogens with zero attached hydrogens (tertiary/aromatic N) is 3. The highest BCUT2D eigenvalue weighted by Gasteiger charge is 2.32. The van der Waals surface area contributed by atoms with Crippen LogP contribution in [0.3, 0.4) is 0 Å². The molecular weight excluding hydrogens is 400 g/mol. The molecular formula is C23H25ClN4O2. The summed E-state index contributed by atoms with van der Waals surface area (Å²) < 4.78 is 0. The van der Waals surface area contributed by atoms with E-state index in [0.29, 0.717) is 40.1 Å². The van der Waals surface area contributed by atoms with E-state index < -0.39 is 0 Å². The van der Waals surface area contributed by atoms with Crippen molar-refractivity contribution in [2.45, 2.75) is 25.3 Å². The normalized spacial score (nSPS) is 21.4. The van der Waals surface area contributed by atoms with Gasteiger partial charge in [-0.1, -0.05) is 23.7 Å². The second-order valence-corrected chi connectivity index (χ2v) is 8.68. The average molecular weight is 425 g/mol. The van der Waals surface area contributed by atoms with Crippen molar-refractivity contribution in [3.63, 3.8) is 0 Å². The first-order chi connectivity index (χ1) is 14.6. The van der Waals surface area contributed by atoms with Gasteiger partial charge in [0, 0.05) is 43.7 Å². The van der Waals surface area contributed by atoms with E-state index in [1.165, 1.54) is 19.4 Å². The maximum Gasteiger partial charge on any atom is 0.257 e. The van der Waals surface area contributed by atoms with Crippen molar-refractivity contribution in [3.8, 4) is 0 Å². The molecule has 2 saturated heterocycles. The maximum absolute atomic E-state index is 13.5. The first-order valence-electron chi connectivity index (χ1n) is 10.6. The first-order valence-corrected chi connectivity index (χ1v) is 11.0. The Morgan fingerprint density at radius 2 is 1.97 bits per heavy atom. The first kappa shape index (κ1) is 19.5. The molecule has 1 unspecified atom stereocenters. The Morgan fingerprint density at radius 1 is 1.10 bits per heavy atom. The summed E-state index contributed by atoms with van der Waals surface area (Å²) in [6.45, 7) is 5.07. The van der Waals surface area contributed by atoms with E-state index in [4.69, 9.17) is 11.6 Å². The summed E-state index contributed by atoms with van der Waals surface area (Å²) in [5, 5.41) is 3.42. The second kappa shape index (κ2) is 8.02. The van der Waals surface area contributed by atoms with Crippen LogP contribution in [0.25, 0.3) is 0 Å². The van der Waals surface area contributed by atoms with E-state index in [1.54, 1.807) is 29.2 Å². The van der Waals surface area contributed by atoms with Crippen LogP contribution < -0.4 is 10.2 Å². The third-order valence-corrected chi connectivity index (χ3v) is 6.64. The fourth-order valence-corrected chi connectivity index (χ4v) is 5.05. The number of fused-ring (bicyclic) bond motifs is 3. The largest absolute Gasteiger partial charge is 0.320 e. The second-order valence-electron chi connectivity index (χ2n) is 8.24. The van der Waals surface area contributed by atoms with Gasteiger partial charge in [-0.25, -0.2) is 0 Å². The monoisotopic (exact) mass is 424 g/mol. The molecule has 0 spiro atoms. The highest BCUT2D eigenvalue weighted by Crippen LogP contribution is 2.39. The number of nitrogens with one attached hydrogen (secondary N) is 1. The third-order valence-electron chi connectivity index (χ3n) is 6.40. The van der Waals surface area contributed by atoms with E-state index >= 15 is 0 Å². The minimum atomic E-state index is -0.234. The van der Waals surface area contributed by atoms with Crippen molar-refractivity contribution in [2.24, 2.45) is 0 Å². The van der Waals surface area contributed by atoms with Crippen molar-refractivity contribution >= 4 is 40.5 Å². The molecule has 3 heterocycles. The Hall–Kier alpha value is -2.41. The number of benzene rings is 2. The molecule has 0 bridgehead atoms. The van der Waals surface area contributed by atoms with Gasteiger partial charge in [0.1, 0.15) is 0 Å². The summed E-state index contributed by atoms with van der Waals surface area (Å²) >= 11 is 6.16. The number of rotatable bonds is 3. The van der Waals surface area contributed by atoms with E-state index in [-0.39, 0.29) is 11.8 Å². The van der Waals surface area contributed by atoms with Crippen LogP contribution >= 0.6 is 11.6 Å². The molecule has 0 aliphatic carbocycles. The molecule has 2 aromatic carbocycles. The highest BCUT2D eigenvalue weighted by molar-refractivity contribution is 6.31. The number of para-hydroxylation sites is 1. The molecule has 7 heteroatoms. The fraction of sp³-hybridized carbons (Fsp3) is 0.391. The van der Waals surface area contributed by atoms with Crippen molar-refractivity contribution in [3.05, 3.63) is 53.1 Å². The smallest absolute Gasteiger partial charge is 0.257 e. The molecule has 0 saturated carbocycles. The van der Waals surface area contributed by atoms with Crippen LogP contribution in [-0.2, 0) is 4.79 Å². The van der Waals surface area contributed by atoms with Gasteiger partial charge in [0.2, 0.25) is 5.91 Å². The lowest BCUT2D eigenvalue weighted by atomic mass is 10.1. The minimum absolute atomic E-state index is 0.0172. The van der Waals surface area contributed by atoms with Crippen LogP contribution in [-0.4, -0.2) is 60.4 Å². The number of carbonyl (C=O) groups is 2. The molecule has 1 N–H and O–H groups in total. The summed E-state index contributed by atoms with van der Waals surface area (Å²) in [4.78, 5) is 32.9. The van der Waals surface area contributed by atoms with Gasteiger partial charge in [-0.2, -0.15) is 0 Å². The Balaban J connectivity index is 1.40. The van der Waals surface area contributed by atoms with Crippen LogP contribution in [0.15, 0.2) is 42.5 Å². The number of carbonyl (C=O) groups excluding carboxylic acids is 2. The lowest BCUT2D eigenvalue weighted by Crippen LogP contribution is -2.50. The zero-order valence-electron chi connectivity index (χ0n) is 16.8. The van der Waals surface area contributed by atoms with E-state index in [1.807, 2.05) is 18.2 Å². The van der Waals surface area contributed by atoms with Crippen molar-refractivity contribution in [1.82, 2.24) is 9.80 Å². The molecule has 0 aromatic heterocycles. The predicted octanol–water partition coefficient (Wildman–Crippen LogP) is 3.74. The standard InChI is InChI=1S/C23H25ClN4O2/c24-16-7-8-21-19(14-16)25-23(30)18-5-1-2-6-20(18)28(21)22(29)9-11-26-12-13-27-10-3-4-17(27)15-26/h1-2,5-8,14,17H,3-4,9-13,15H2,(H,25,30). The van der Waals surface area contributed by atoms with Gasteiger partial charge >= 0.3 is 0 Å². The molecule has 0 radical (unpaired) electrons. The Morgan fingerprint density at radius 3 is 2.87 bits per heavy atom. The third kappa shape index (κ3) is 3.60. The molecule has 2 fully saturated rings. The predicted molar refractivity (Wildman–Crippen MR) is 119 cm³/mol. The lowest BCUT2D eigenvalue weighted by Gasteiger charge is -2.37. The Bertz CT molecular complexity index is 995. The molecule has 30 heavy (non-hydrogen) atoms. The summed E-state index contributed by atoms with van der Waals surface area (Å²) in [5.41, 5.74) is 2.30. The summed E-state index contributed by atoms with van der Waals surface area (Å²) in [7, 11) is 0. The Kier molecular flexibility index (Phi) is 5.23. The SMILES string of the molecule is O=C1Nc2cc(Cl)ccc2N(C(=O)CCN2CCN3CCCC3C2)c2ccccc21. The lowest BCUT2D eigenvalue weighted by molar-refractivity contribution is -0.118. The Labute approximate surface area is 181 Å². The van der Waals surface area contributed by atoms with Crippen LogP contribution in [0.5, 0.6) is 0 Å². The number of anilines is 3. The molecule has 2 aromatic rings. The van der Waals surface area contributed by atoms with Crippen LogP contribution in [0, 0.1) is 0 Å². The maximum atomic E-state index is 13.5. The van der Waals surface area contributed by atoms with Gasteiger partial charge in [-0.05, 0) is 49.7 Å². The zero-order chi connectivity index (χ0) is 20.7. The van der Waals surface area contributed by atoms with Crippen molar-refractivity contribution in [2.75, 3.05) is 42.9 Å². The van der Waals surface area contributed by atoms with Gasteiger partial charge in [0.25, 0.3) is 5.91 Å². The number of halogens is 1. The average Bonchev–Trinajstić information content (AvgIpc) is 3.17. The highest BCUT2D eigenvalue weighted by atomic mass is 35.5. The molecule has 5 rings (SSSR count). The van der Waals surface area contributed by atoms with Gasteiger partial charge in [0.05, 0.1) is 22.6 Å². The number of amides is 2. The number of piperazine rings is 1. The van der Waals surface area contributed by atoms with Crippen LogP contribution in [0.1, 0.15) is 29.6 Å². The quantitative estimate of drug-likeness (QED) is 0.815. The van der Waals surface area contributed by atoms with E-state index in [9.17, 15) is 9.59 Å². The fourth-order valence-electron chi connectivity index (χ4n) is 4.88. The topological polar surface area (TPSA) is 55.9 Å². The van der Waals surface area contributed by atoms with Gasteiger partial charge < -0.3 is 5.32 Å². The van der Waals surface area contributed by atoms with Gasteiger partial charge in [0.15, 0.2) is 0 Å². The molecule has 6 nitrogen and oxygen atoms in total. The number of hydrogen-bond acceptors (Lipinski definition) is 4. The van der Waals surface area contributed by atoms with Gasteiger partial charge in [-0.15, -0.1) is 0 Å². The van der Waals surface area contributed by atoms with Crippen molar-refractivity contribution in [1.29, 1.82) is 0 Å². The number of hydrogen-bond donors (Lipinski definition) is 1. The van der Waals surface area contributed by atoms with Crippen molar-refractivity contribution < 1.29 is 9.59 Å². The summed E-state index contributed by atoms with van der Waals surface area (Å²) in [6.07, 6.45) is 2.94. The zero-order valence-corrected chi connectivity index (χ0v) is 17.6. The van der Waals surface area contributed by atoms with E-state index in [0.717, 1.165) is 26.2 Å². The van der Waals surface area contributed by atoms with E-state index in [2.05, 4.69) is 15.1 Å². The van der Waals surface area contributed by atoms with Gasteiger partial charge in [-0.3, -0.25) is 24.3 Å². The minimum Gasteiger partial charge on any atom is -0.320 e. The van der Waals surface area contributed by atoms with Crippen LogP contribution in [0.2, 0.25) is 5.02 Å². The van der Waals surface area contributed by atoms with Crippen LogP contribution in [0.4, 0.5) is 17.1 Å². The molecule has 3 aliphatic heterocycles. The molecule has 3 aliphatic rings. The summed E-state index contributed by atoms with van der Waals surface area (Å²) in [5.74, 6) is -0.252.